The van der Waals surface area contributed by atoms with Crippen LogP contribution < -0.4 is 5.32 Å². The highest BCUT2D eigenvalue weighted by molar-refractivity contribution is 7.99. The predicted octanol–water partition coefficient (Wildman–Crippen LogP) is 4.49. The van der Waals surface area contributed by atoms with Crippen molar-refractivity contribution < 1.29 is 9.53 Å². The first-order chi connectivity index (χ1) is 14.7. The Hall–Kier alpha value is -2.64. The summed E-state index contributed by atoms with van der Waals surface area (Å²) in [5, 5.41) is 8.09. The lowest BCUT2D eigenvalue weighted by atomic mass is 10.1. The molecule has 1 aromatic carbocycles. The molecular formula is C23H26N4O2S. The number of benzene rings is 1. The largest absolute Gasteiger partial charge is 0.381 e. The van der Waals surface area contributed by atoms with E-state index in [9.17, 15) is 4.79 Å². The third-order valence-corrected chi connectivity index (χ3v) is 6.60. The second kappa shape index (κ2) is 9.91. The zero-order valence-corrected chi connectivity index (χ0v) is 17.9. The average Bonchev–Trinajstić information content (AvgIpc) is 3.24. The van der Waals surface area contributed by atoms with Crippen LogP contribution in [0.15, 0.2) is 54.9 Å². The molecule has 7 heteroatoms. The maximum absolute atomic E-state index is 13.0. The summed E-state index contributed by atoms with van der Waals surface area (Å²) in [6, 6.07) is 13.7. The number of rotatable bonds is 7. The summed E-state index contributed by atoms with van der Waals surface area (Å²) in [5.41, 5.74) is 3.43. The SMILES string of the molecule is CCc1c(C(=O)Nc2cccc(CSC3CCOCC3)c2)cnn1-c1ccccn1. The molecule has 156 valence electrons. The quantitative estimate of drug-likeness (QED) is 0.607. The predicted molar refractivity (Wildman–Crippen MR) is 120 cm³/mol. The Kier molecular flexibility index (Phi) is 6.81. The van der Waals surface area contributed by atoms with Gasteiger partial charge in [0, 0.05) is 36.1 Å². The molecule has 0 unspecified atom stereocenters. The van der Waals surface area contributed by atoms with Crippen LogP contribution in [-0.4, -0.2) is 39.1 Å². The van der Waals surface area contributed by atoms with E-state index in [1.54, 1.807) is 17.1 Å². The first kappa shape index (κ1) is 20.6. The van der Waals surface area contributed by atoms with Crippen molar-refractivity contribution in [2.24, 2.45) is 0 Å². The number of ether oxygens (including phenoxy) is 1. The molecule has 0 radical (unpaired) electrons. The summed E-state index contributed by atoms with van der Waals surface area (Å²) in [6.45, 7) is 3.74. The fourth-order valence-electron chi connectivity index (χ4n) is 3.57. The molecule has 1 aliphatic heterocycles. The van der Waals surface area contributed by atoms with Gasteiger partial charge in [-0.05, 0) is 49.1 Å². The van der Waals surface area contributed by atoms with Gasteiger partial charge in [0.2, 0.25) is 0 Å². The van der Waals surface area contributed by atoms with Crippen molar-refractivity contribution in [3.8, 4) is 5.82 Å². The molecule has 30 heavy (non-hydrogen) atoms. The minimum atomic E-state index is -0.150. The first-order valence-corrected chi connectivity index (χ1v) is 11.4. The van der Waals surface area contributed by atoms with Gasteiger partial charge in [-0.2, -0.15) is 16.9 Å². The van der Waals surface area contributed by atoms with Gasteiger partial charge in [-0.3, -0.25) is 4.79 Å². The third-order valence-electron chi connectivity index (χ3n) is 5.15. The van der Waals surface area contributed by atoms with Crippen molar-refractivity contribution in [1.29, 1.82) is 0 Å². The summed E-state index contributed by atoms with van der Waals surface area (Å²) in [6.07, 6.45) is 6.25. The number of pyridine rings is 1. The molecule has 1 fully saturated rings. The molecule has 0 spiro atoms. The number of aromatic nitrogens is 3. The smallest absolute Gasteiger partial charge is 0.259 e. The summed E-state index contributed by atoms with van der Waals surface area (Å²) in [7, 11) is 0. The Bertz CT molecular complexity index is 984. The van der Waals surface area contributed by atoms with Gasteiger partial charge < -0.3 is 10.1 Å². The zero-order chi connectivity index (χ0) is 20.8. The Morgan fingerprint density at radius 1 is 1.23 bits per heavy atom. The minimum Gasteiger partial charge on any atom is -0.381 e. The molecule has 0 atom stereocenters. The lowest BCUT2D eigenvalue weighted by Gasteiger charge is -2.21. The normalized spacial score (nSPS) is 14.6. The molecule has 0 saturated carbocycles. The maximum atomic E-state index is 13.0. The van der Waals surface area contributed by atoms with Crippen LogP contribution >= 0.6 is 11.8 Å². The molecular weight excluding hydrogens is 396 g/mol. The van der Waals surface area contributed by atoms with E-state index in [1.165, 1.54) is 5.56 Å². The van der Waals surface area contributed by atoms with E-state index >= 15 is 0 Å². The van der Waals surface area contributed by atoms with Crippen molar-refractivity contribution >= 4 is 23.4 Å². The molecule has 4 rings (SSSR count). The Morgan fingerprint density at radius 2 is 2.10 bits per heavy atom. The molecule has 1 amide bonds. The number of anilines is 1. The number of carbonyl (C=O) groups is 1. The van der Waals surface area contributed by atoms with Gasteiger partial charge in [0.1, 0.15) is 0 Å². The maximum Gasteiger partial charge on any atom is 0.259 e. The van der Waals surface area contributed by atoms with Crippen molar-refractivity contribution in [2.45, 2.75) is 37.2 Å². The number of hydrogen-bond donors (Lipinski definition) is 1. The van der Waals surface area contributed by atoms with Crippen LogP contribution in [0.5, 0.6) is 0 Å². The van der Waals surface area contributed by atoms with Crippen molar-refractivity contribution in [1.82, 2.24) is 14.8 Å². The van der Waals surface area contributed by atoms with E-state index in [0.717, 1.165) is 43.2 Å². The van der Waals surface area contributed by atoms with Crippen LogP contribution in [-0.2, 0) is 16.9 Å². The fraction of sp³-hybridized carbons (Fsp3) is 0.348. The van der Waals surface area contributed by atoms with Crippen molar-refractivity contribution in [3.63, 3.8) is 0 Å². The molecule has 0 aliphatic carbocycles. The summed E-state index contributed by atoms with van der Waals surface area (Å²) in [4.78, 5) is 17.3. The standard InChI is InChI=1S/C23H26N4O2S/c1-2-21-20(15-25-27(21)22-8-3-4-11-24-22)23(28)26-18-7-5-6-17(14-18)16-30-19-9-12-29-13-10-19/h3-8,11,14-15,19H,2,9-10,12-13,16H2,1H3,(H,26,28). The number of nitrogens with zero attached hydrogens (tertiary/aromatic N) is 3. The summed E-state index contributed by atoms with van der Waals surface area (Å²) < 4.78 is 7.17. The number of amides is 1. The summed E-state index contributed by atoms with van der Waals surface area (Å²) >= 11 is 1.97. The lowest BCUT2D eigenvalue weighted by Crippen LogP contribution is -2.17. The molecule has 1 N–H and O–H groups in total. The van der Waals surface area contributed by atoms with E-state index in [1.807, 2.05) is 49.0 Å². The molecule has 0 bridgehead atoms. The highest BCUT2D eigenvalue weighted by atomic mass is 32.2. The lowest BCUT2D eigenvalue weighted by molar-refractivity contribution is 0.1000. The zero-order valence-electron chi connectivity index (χ0n) is 17.1. The van der Waals surface area contributed by atoms with Crippen LogP contribution in [0.4, 0.5) is 5.69 Å². The molecule has 3 heterocycles. The molecule has 1 saturated heterocycles. The molecule has 2 aromatic heterocycles. The van der Waals surface area contributed by atoms with Crippen molar-refractivity contribution in [3.05, 3.63) is 71.7 Å². The van der Waals surface area contributed by atoms with E-state index < -0.39 is 0 Å². The number of carbonyl (C=O) groups excluding carboxylic acids is 1. The third kappa shape index (κ3) is 4.91. The Labute approximate surface area is 181 Å². The van der Waals surface area contributed by atoms with Gasteiger partial charge >= 0.3 is 0 Å². The van der Waals surface area contributed by atoms with Crippen molar-refractivity contribution in [2.75, 3.05) is 18.5 Å². The topological polar surface area (TPSA) is 69.0 Å². The van der Waals surface area contributed by atoms with Crippen LogP contribution in [0.1, 0.15) is 41.4 Å². The van der Waals surface area contributed by atoms with E-state index in [4.69, 9.17) is 4.74 Å². The number of nitrogens with one attached hydrogen (secondary N) is 1. The van der Waals surface area contributed by atoms with Crippen LogP contribution in [0, 0.1) is 0 Å². The first-order valence-electron chi connectivity index (χ1n) is 10.3. The second-order valence-corrected chi connectivity index (χ2v) is 8.52. The second-order valence-electron chi connectivity index (χ2n) is 7.24. The highest BCUT2D eigenvalue weighted by Crippen LogP contribution is 2.26. The van der Waals surface area contributed by atoms with Crippen LogP contribution in [0.25, 0.3) is 5.82 Å². The Balaban J connectivity index is 1.44. The van der Waals surface area contributed by atoms with Gasteiger partial charge in [-0.1, -0.05) is 25.1 Å². The van der Waals surface area contributed by atoms with Gasteiger partial charge in [0.25, 0.3) is 5.91 Å². The average molecular weight is 423 g/mol. The molecule has 3 aromatic rings. The monoisotopic (exact) mass is 422 g/mol. The number of thioether (sulfide) groups is 1. The Morgan fingerprint density at radius 3 is 2.87 bits per heavy atom. The van der Waals surface area contributed by atoms with Gasteiger partial charge in [0.15, 0.2) is 5.82 Å². The summed E-state index contributed by atoms with van der Waals surface area (Å²) in [5.74, 6) is 1.50. The molecule has 1 aliphatic rings. The van der Waals surface area contributed by atoms with Gasteiger partial charge in [-0.15, -0.1) is 0 Å². The van der Waals surface area contributed by atoms with Crippen LogP contribution in [0.2, 0.25) is 0 Å². The number of hydrogen-bond acceptors (Lipinski definition) is 5. The van der Waals surface area contributed by atoms with E-state index in [0.29, 0.717) is 23.1 Å². The fourth-order valence-corrected chi connectivity index (χ4v) is 4.71. The minimum absolute atomic E-state index is 0.150. The highest BCUT2D eigenvalue weighted by Gasteiger charge is 2.18. The van der Waals surface area contributed by atoms with Gasteiger partial charge in [0.05, 0.1) is 17.5 Å². The van der Waals surface area contributed by atoms with Crippen LogP contribution in [0.3, 0.4) is 0 Å². The van der Waals surface area contributed by atoms with Gasteiger partial charge in [-0.25, -0.2) is 9.67 Å². The molecule has 6 nitrogen and oxygen atoms in total. The van der Waals surface area contributed by atoms with E-state index in [-0.39, 0.29) is 5.91 Å². The van der Waals surface area contributed by atoms with E-state index in [2.05, 4.69) is 27.5 Å².